The predicted molar refractivity (Wildman–Crippen MR) is 106 cm³/mol. The van der Waals surface area contributed by atoms with Gasteiger partial charge in [-0.05, 0) is 42.8 Å². The van der Waals surface area contributed by atoms with Crippen LogP contribution in [-0.4, -0.2) is 26.6 Å². The van der Waals surface area contributed by atoms with Gasteiger partial charge in [0, 0.05) is 9.50 Å². The Morgan fingerprint density at radius 1 is 1.31 bits per heavy atom. The molecule has 0 spiro atoms. The fourth-order valence-corrected chi connectivity index (χ4v) is 4.20. The van der Waals surface area contributed by atoms with Crippen molar-refractivity contribution in [2.75, 3.05) is 15.9 Å². The molecule has 0 saturated heterocycles. The van der Waals surface area contributed by atoms with Gasteiger partial charge in [0.2, 0.25) is 15.9 Å². The Balaban J connectivity index is 2.40. The van der Waals surface area contributed by atoms with Crippen molar-refractivity contribution >= 4 is 54.8 Å². The summed E-state index contributed by atoms with van der Waals surface area (Å²) in [5.41, 5.74) is 0.231. The molecule has 0 aliphatic carbocycles. The summed E-state index contributed by atoms with van der Waals surface area (Å²) >= 11 is 9.09. The zero-order chi connectivity index (χ0) is 19.5. The molecule has 140 valence electrons. The van der Waals surface area contributed by atoms with Crippen LogP contribution < -0.4 is 9.62 Å². The first-order chi connectivity index (χ1) is 12.1. The van der Waals surface area contributed by atoms with E-state index in [-0.39, 0.29) is 17.8 Å². The molecule has 26 heavy (non-hydrogen) atoms. The molecule has 0 aliphatic rings. The second kappa shape index (κ2) is 8.37. The van der Waals surface area contributed by atoms with Gasteiger partial charge in [-0.1, -0.05) is 40.5 Å². The van der Waals surface area contributed by atoms with Crippen molar-refractivity contribution < 1.29 is 17.6 Å². The summed E-state index contributed by atoms with van der Waals surface area (Å²) in [6.07, 6.45) is 1.19. The molecule has 0 aliphatic heterocycles. The number of carbonyl (C=O) groups excluding carboxylic acids is 1. The molecule has 2 aromatic carbocycles. The Bertz CT molecular complexity index is 924. The largest absolute Gasteiger partial charge is 0.322 e. The molecule has 0 aromatic heterocycles. The van der Waals surface area contributed by atoms with E-state index in [1.165, 1.54) is 18.2 Å². The third-order valence-electron chi connectivity index (χ3n) is 3.58. The first-order valence-corrected chi connectivity index (χ1v) is 10.7. The Kier molecular flexibility index (Phi) is 6.65. The highest BCUT2D eigenvalue weighted by Gasteiger charge is 2.32. The maximum Gasteiger partial charge on any atom is 0.248 e. The number of rotatable bonds is 6. The third-order valence-corrected chi connectivity index (χ3v) is 5.49. The number of carbonyl (C=O) groups is 1. The SMILES string of the molecule is CCC(C(=O)Nc1ccc(Br)cc1F)N(c1cccc(Cl)c1)S(C)(=O)=O. The van der Waals surface area contributed by atoms with Gasteiger partial charge in [0.1, 0.15) is 11.9 Å². The van der Waals surface area contributed by atoms with Crippen molar-refractivity contribution in [3.05, 3.63) is 57.8 Å². The van der Waals surface area contributed by atoms with E-state index in [9.17, 15) is 17.6 Å². The van der Waals surface area contributed by atoms with Gasteiger partial charge in [-0.3, -0.25) is 9.10 Å². The predicted octanol–water partition coefficient (Wildman–Crippen LogP) is 4.42. The summed E-state index contributed by atoms with van der Waals surface area (Å²) in [5.74, 6) is -1.27. The number of amides is 1. The molecule has 2 aromatic rings. The monoisotopic (exact) mass is 462 g/mol. The highest BCUT2D eigenvalue weighted by molar-refractivity contribution is 9.10. The lowest BCUT2D eigenvalue weighted by molar-refractivity contribution is -0.117. The lowest BCUT2D eigenvalue weighted by Crippen LogP contribution is -2.47. The first kappa shape index (κ1) is 20.7. The van der Waals surface area contributed by atoms with Crippen molar-refractivity contribution in [2.24, 2.45) is 0 Å². The van der Waals surface area contributed by atoms with Crippen LogP contribution in [0.4, 0.5) is 15.8 Å². The molecule has 1 amide bonds. The average molecular weight is 464 g/mol. The van der Waals surface area contributed by atoms with Gasteiger partial charge >= 0.3 is 0 Å². The highest BCUT2D eigenvalue weighted by Crippen LogP contribution is 2.26. The molecule has 1 N–H and O–H groups in total. The molecule has 9 heteroatoms. The first-order valence-electron chi connectivity index (χ1n) is 7.64. The van der Waals surface area contributed by atoms with Crippen molar-refractivity contribution in [3.63, 3.8) is 0 Å². The zero-order valence-electron chi connectivity index (χ0n) is 14.0. The van der Waals surface area contributed by atoms with Crippen molar-refractivity contribution in [1.29, 1.82) is 0 Å². The van der Waals surface area contributed by atoms with Crippen LogP contribution in [0.5, 0.6) is 0 Å². The van der Waals surface area contributed by atoms with E-state index in [4.69, 9.17) is 11.6 Å². The summed E-state index contributed by atoms with van der Waals surface area (Å²) in [6, 6.07) is 9.31. The van der Waals surface area contributed by atoms with Crippen molar-refractivity contribution in [1.82, 2.24) is 0 Å². The maximum atomic E-state index is 14.0. The van der Waals surface area contributed by atoms with E-state index < -0.39 is 27.8 Å². The minimum absolute atomic E-state index is 0.0313. The third kappa shape index (κ3) is 4.96. The average Bonchev–Trinajstić information content (AvgIpc) is 2.53. The minimum Gasteiger partial charge on any atom is -0.322 e. The number of benzene rings is 2. The van der Waals surface area contributed by atoms with Crippen LogP contribution >= 0.6 is 27.5 Å². The summed E-state index contributed by atoms with van der Waals surface area (Å²) < 4.78 is 40.2. The van der Waals surface area contributed by atoms with Crippen LogP contribution in [0, 0.1) is 5.82 Å². The number of halogens is 3. The lowest BCUT2D eigenvalue weighted by atomic mass is 10.1. The number of anilines is 2. The normalized spacial score (nSPS) is 12.5. The van der Waals surface area contributed by atoms with Crippen LogP contribution in [0.1, 0.15) is 13.3 Å². The van der Waals surface area contributed by atoms with E-state index in [2.05, 4.69) is 21.2 Å². The number of hydrogen-bond acceptors (Lipinski definition) is 3. The Morgan fingerprint density at radius 3 is 2.54 bits per heavy atom. The highest BCUT2D eigenvalue weighted by atomic mass is 79.9. The van der Waals surface area contributed by atoms with E-state index in [1.54, 1.807) is 31.2 Å². The smallest absolute Gasteiger partial charge is 0.248 e. The van der Waals surface area contributed by atoms with Crippen molar-refractivity contribution in [2.45, 2.75) is 19.4 Å². The quantitative estimate of drug-likeness (QED) is 0.689. The summed E-state index contributed by atoms with van der Waals surface area (Å²) in [7, 11) is -3.79. The van der Waals surface area contributed by atoms with Gasteiger partial charge in [0.15, 0.2) is 0 Å². The summed E-state index contributed by atoms with van der Waals surface area (Å²) in [6.45, 7) is 1.67. The van der Waals surface area contributed by atoms with Gasteiger partial charge in [-0.15, -0.1) is 0 Å². The summed E-state index contributed by atoms with van der Waals surface area (Å²) in [4.78, 5) is 12.7. The Hall–Kier alpha value is -1.64. The molecule has 0 saturated carbocycles. The number of hydrogen-bond donors (Lipinski definition) is 1. The molecule has 0 bridgehead atoms. The molecule has 0 heterocycles. The Labute approximate surface area is 165 Å². The molecule has 2 rings (SSSR count). The number of nitrogens with one attached hydrogen (secondary N) is 1. The van der Waals surface area contributed by atoms with E-state index in [0.29, 0.717) is 9.50 Å². The van der Waals surface area contributed by atoms with Crippen molar-refractivity contribution in [3.8, 4) is 0 Å². The molecule has 0 fully saturated rings. The molecule has 0 radical (unpaired) electrons. The van der Waals surface area contributed by atoms with Crippen LogP contribution in [0.2, 0.25) is 5.02 Å². The second-order valence-corrected chi connectivity index (χ2v) is 8.79. The molecule has 1 unspecified atom stereocenters. The van der Waals surface area contributed by atoms with Gasteiger partial charge < -0.3 is 5.32 Å². The van der Waals surface area contributed by atoms with Gasteiger partial charge in [0.25, 0.3) is 0 Å². The van der Waals surface area contributed by atoms with Gasteiger partial charge in [-0.25, -0.2) is 12.8 Å². The van der Waals surface area contributed by atoms with E-state index in [0.717, 1.165) is 10.6 Å². The molecular weight excluding hydrogens is 447 g/mol. The number of nitrogens with zero attached hydrogens (tertiary/aromatic N) is 1. The van der Waals surface area contributed by atoms with Crippen LogP contribution in [0.25, 0.3) is 0 Å². The van der Waals surface area contributed by atoms with E-state index >= 15 is 0 Å². The lowest BCUT2D eigenvalue weighted by Gasteiger charge is -2.30. The van der Waals surface area contributed by atoms with Crippen LogP contribution in [-0.2, 0) is 14.8 Å². The topological polar surface area (TPSA) is 66.5 Å². The standard InChI is InChI=1S/C17H17BrClFN2O3S/c1-3-16(17(23)21-15-8-7-11(18)9-14(15)20)22(26(2,24)25)13-6-4-5-12(19)10-13/h4-10,16H,3H2,1-2H3,(H,21,23). The molecular formula is C17H17BrClFN2O3S. The second-order valence-electron chi connectivity index (χ2n) is 5.58. The van der Waals surface area contributed by atoms with Crippen LogP contribution in [0.15, 0.2) is 46.9 Å². The summed E-state index contributed by atoms with van der Waals surface area (Å²) in [5, 5.41) is 2.79. The number of sulfonamides is 1. The van der Waals surface area contributed by atoms with E-state index in [1.807, 2.05) is 0 Å². The molecule has 1 atom stereocenters. The zero-order valence-corrected chi connectivity index (χ0v) is 17.2. The molecule has 5 nitrogen and oxygen atoms in total. The fourth-order valence-electron chi connectivity index (χ4n) is 2.48. The fraction of sp³-hybridized carbons (Fsp3) is 0.235. The van der Waals surface area contributed by atoms with Gasteiger partial charge in [-0.2, -0.15) is 0 Å². The minimum atomic E-state index is -3.79. The van der Waals surface area contributed by atoms with Crippen LogP contribution in [0.3, 0.4) is 0 Å². The Morgan fingerprint density at radius 2 is 2.00 bits per heavy atom. The van der Waals surface area contributed by atoms with Gasteiger partial charge in [0.05, 0.1) is 17.6 Å². The maximum absolute atomic E-state index is 14.0.